The van der Waals surface area contributed by atoms with E-state index in [-0.39, 0.29) is 17.0 Å². The first-order chi connectivity index (χ1) is 24.9. The largest absolute Gasteiger partial charge is 0.493 e. The van der Waals surface area contributed by atoms with Gasteiger partial charge in [0.05, 0.1) is 24.9 Å². The van der Waals surface area contributed by atoms with Crippen LogP contribution in [0, 0.1) is 11.6 Å². The van der Waals surface area contributed by atoms with Gasteiger partial charge in [0.1, 0.15) is 22.8 Å². The summed E-state index contributed by atoms with van der Waals surface area (Å²) in [5, 5.41) is 3.70. The number of nitrogens with zero attached hydrogens (tertiary/aromatic N) is 4. The molecule has 3 aromatic carbocycles. The van der Waals surface area contributed by atoms with Crippen LogP contribution >= 0.6 is 0 Å². The molecule has 260 valence electrons. The van der Waals surface area contributed by atoms with Crippen LogP contribution in [0.1, 0.15) is 36.0 Å². The van der Waals surface area contributed by atoms with Crippen molar-refractivity contribution in [3.63, 3.8) is 0 Å². The molecule has 6 aromatic rings. The third-order valence-electron chi connectivity index (χ3n) is 8.81. The van der Waals surface area contributed by atoms with E-state index in [2.05, 4.69) is 20.2 Å². The molecule has 51 heavy (non-hydrogen) atoms. The number of nitrogens with one attached hydrogen (secondary N) is 1. The molecular weight excluding hydrogens is 656 g/mol. The van der Waals surface area contributed by atoms with Crippen LogP contribution < -0.4 is 25.1 Å². The van der Waals surface area contributed by atoms with Crippen LogP contribution in [-0.4, -0.2) is 58.7 Å². The van der Waals surface area contributed by atoms with Crippen molar-refractivity contribution in [2.75, 3.05) is 38.7 Å². The predicted octanol–water partition coefficient (Wildman–Crippen LogP) is 7.52. The minimum Gasteiger partial charge on any atom is -0.493 e. The Morgan fingerprint density at radius 3 is 2.47 bits per heavy atom. The highest BCUT2D eigenvalue weighted by Gasteiger charge is 2.19. The van der Waals surface area contributed by atoms with Crippen molar-refractivity contribution in [1.29, 1.82) is 0 Å². The van der Waals surface area contributed by atoms with Crippen LogP contribution in [0.3, 0.4) is 0 Å². The predicted molar refractivity (Wildman–Crippen MR) is 190 cm³/mol. The van der Waals surface area contributed by atoms with Crippen LogP contribution in [0.2, 0.25) is 0 Å². The van der Waals surface area contributed by atoms with Gasteiger partial charge in [-0.2, -0.15) is 0 Å². The van der Waals surface area contributed by atoms with Gasteiger partial charge in [-0.3, -0.25) is 19.1 Å². The van der Waals surface area contributed by atoms with Crippen molar-refractivity contribution in [3.05, 3.63) is 119 Å². The first kappa shape index (κ1) is 33.6. The highest BCUT2D eigenvalue weighted by atomic mass is 19.1. The Balaban J connectivity index is 1.08. The van der Waals surface area contributed by atoms with E-state index in [0.29, 0.717) is 51.5 Å². The zero-order chi connectivity index (χ0) is 35.3. The monoisotopic (exact) mass is 691 g/mol. The number of benzene rings is 3. The molecule has 1 aliphatic rings. The van der Waals surface area contributed by atoms with E-state index in [9.17, 15) is 14.0 Å². The van der Waals surface area contributed by atoms with Gasteiger partial charge in [0.15, 0.2) is 23.1 Å². The van der Waals surface area contributed by atoms with Gasteiger partial charge in [-0.05, 0) is 99.1 Å². The summed E-state index contributed by atoms with van der Waals surface area (Å²) in [5.41, 5.74) is 0.444. The van der Waals surface area contributed by atoms with Gasteiger partial charge in [-0.1, -0.05) is 6.42 Å². The van der Waals surface area contributed by atoms with E-state index in [1.165, 1.54) is 72.5 Å². The van der Waals surface area contributed by atoms with Crippen LogP contribution in [-0.2, 0) is 0 Å². The lowest BCUT2D eigenvalue weighted by molar-refractivity contribution is 0.102. The second-order valence-electron chi connectivity index (χ2n) is 12.2. The number of piperidine rings is 1. The number of likely N-dealkylation sites (tertiary alicyclic amines) is 1. The zero-order valence-corrected chi connectivity index (χ0v) is 27.9. The summed E-state index contributed by atoms with van der Waals surface area (Å²) >= 11 is 0. The standard InChI is InChI=1S/C39H35F2N5O5/c1-49-35-23-29-32(24-36(35)50-20-6-19-45-17-3-2-4-18-45)42-16-14-33(29)51-34-13-10-27(22-31(34)41)44-38(47)30-21-25-7-5-15-43-37(25)46(39(30)48)28-11-8-26(40)9-12-28/h5,7-16,21-24H,2-4,6,17-20H2,1H3,(H,44,47). The van der Waals surface area contributed by atoms with Gasteiger partial charge in [0.2, 0.25) is 0 Å². The third kappa shape index (κ3) is 7.36. The number of rotatable bonds is 11. The maximum atomic E-state index is 15.5. The summed E-state index contributed by atoms with van der Waals surface area (Å²) < 4.78 is 48.0. The topological polar surface area (TPSA) is 108 Å². The molecule has 4 heterocycles. The Bertz CT molecular complexity index is 2270. The van der Waals surface area contributed by atoms with E-state index in [1.54, 1.807) is 43.6 Å². The molecule has 0 unspecified atom stereocenters. The van der Waals surface area contributed by atoms with E-state index in [4.69, 9.17) is 14.2 Å². The summed E-state index contributed by atoms with van der Waals surface area (Å²) in [4.78, 5) is 38.2. The second-order valence-corrected chi connectivity index (χ2v) is 12.2. The van der Waals surface area contributed by atoms with Crippen LogP contribution in [0.15, 0.2) is 96.1 Å². The number of anilines is 1. The highest BCUT2D eigenvalue weighted by molar-refractivity contribution is 6.05. The lowest BCUT2D eigenvalue weighted by Crippen LogP contribution is -2.31. The number of hydrogen-bond donors (Lipinski definition) is 1. The number of pyridine rings is 3. The molecule has 0 spiro atoms. The van der Waals surface area contributed by atoms with Crippen molar-refractivity contribution in [1.82, 2.24) is 19.4 Å². The van der Waals surface area contributed by atoms with E-state index in [1.807, 2.05) is 0 Å². The molecule has 0 aliphatic carbocycles. The van der Waals surface area contributed by atoms with Crippen LogP contribution in [0.5, 0.6) is 23.0 Å². The Kier molecular flexibility index (Phi) is 9.84. The summed E-state index contributed by atoms with van der Waals surface area (Å²) in [6.45, 7) is 3.79. The van der Waals surface area contributed by atoms with Crippen LogP contribution in [0.4, 0.5) is 14.5 Å². The fourth-order valence-corrected chi connectivity index (χ4v) is 6.26. The summed E-state index contributed by atoms with van der Waals surface area (Å²) in [7, 11) is 1.55. The highest BCUT2D eigenvalue weighted by Crippen LogP contribution is 2.38. The van der Waals surface area contributed by atoms with E-state index in [0.717, 1.165) is 32.1 Å². The van der Waals surface area contributed by atoms with Crippen molar-refractivity contribution in [2.45, 2.75) is 25.7 Å². The van der Waals surface area contributed by atoms with E-state index < -0.39 is 23.1 Å². The number of aromatic nitrogens is 3. The number of hydrogen-bond acceptors (Lipinski definition) is 8. The molecule has 0 bridgehead atoms. The fraction of sp³-hybridized carbons (Fsp3) is 0.231. The SMILES string of the molecule is COc1cc2c(Oc3ccc(NC(=O)c4cc5cccnc5n(-c5ccc(F)cc5)c4=O)cc3F)ccnc2cc1OCCCN1CCCCC1. The molecule has 1 N–H and O–H groups in total. The number of halogens is 2. The molecule has 0 atom stereocenters. The minimum absolute atomic E-state index is 0.0899. The van der Waals surface area contributed by atoms with Gasteiger partial charge < -0.3 is 24.4 Å². The van der Waals surface area contributed by atoms with E-state index >= 15 is 4.39 Å². The van der Waals surface area contributed by atoms with Gasteiger partial charge in [0.25, 0.3) is 11.5 Å². The van der Waals surface area contributed by atoms with Crippen molar-refractivity contribution >= 4 is 33.5 Å². The minimum atomic E-state index is -0.758. The molecular formula is C39H35F2N5O5. The molecule has 1 saturated heterocycles. The number of fused-ring (bicyclic) bond motifs is 2. The third-order valence-corrected chi connectivity index (χ3v) is 8.81. The summed E-state index contributed by atoms with van der Waals surface area (Å²) in [6.07, 6.45) is 7.76. The maximum Gasteiger partial charge on any atom is 0.269 e. The van der Waals surface area contributed by atoms with Crippen molar-refractivity contribution < 1.29 is 27.8 Å². The van der Waals surface area contributed by atoms with Gasteiger partial charge >= 0.3 is 0 Å². The Morgan fingerprint density at radius 2 is 1.69 bits per heavy atom. The van der Waals surface area contributed by atoms with Gasteiger partial charge in [-0.25, -0.2) is 13.8 Å². The van der Waals surface area contributed by atoms with Crippen molar-refractivity contribution in [3.8, 4) is 28.7 Å². The average molecular weight is 692 g/mol. The molecule has 12 heteroatoms. The number of amides is 1. The normalized spacial score (nSPS) is 13.3. The number of carbonyl (C=O) groups is 1. The number of methoxy groups -OCH3 is 1. The Hall–Kier alpha value is -5.88. The Labute approximate surface area is 292 Å². The lowest BCUT2D eigenvalue weighted by atomic mass is 10.1. The smallest absolute Gasteiger partial charge is 0.269 e. The van der Waals surface area contributed by atoms with Crippen molar-refractivity contribution in [2.24, 2.45) is 0 Å². The van der Waals surface area contributed by atoms with Crippen LogP contribution in [0.25, 0.3) is 27.6 Å². The van der Waals surface area contributed by atoms with Gasteiger partial charge in [0, 0.05) is 47.5 Å². The number of ether oxygens (including phenoxy) is 3. The first-order valence-electron chi connectivity index (χ1n) is 16.8. The maximum absolute atomic E-state index is 15.5. The summed E-state index contributed by atoms with van der Waals surface area (Å²) in [5.74, 6) is -0.662. The molecule has 1 fully saturated rings. The zero-order valence-electron chi connectivity index (χ0n) is 27.9. The fourth-order valence-electron chi connectivity index (χ4n) is 6.26. The summed E-state index contributed by atoms with van der Waals surface area (Å²) in [6, 6.07) is 19.2. The molecule has 3 aromatic heterocycles. The number of carbonyl (C=O) groups excluding carboxylic acids is 1. The lowest BCUT2D eigenvalue weighted by Gasteiger charge is -2.26. The molecule has 0 radical (unpaired) electrons. The molecule has 1 aliphatic heterocycles. The second kappa shape index (κ2) is 14.9. The molecule has 0 saturated carbocycles. The Morgan fingerprint density at radius 1 is 0.863 bits per heavy atom. The average Bonchev–Trinajstić information content (AvgIpc) is 3.15. The molecule has 10 nitrogen and oxygen atoms in total. The molecule has 7 rings (SSSR count). The quantitative estimate of drug-likeness (QED) is 0.139. The van der Waals surface area contributed by atoms with Gasteiger partial charge in [-0.15, -0.1) is 0 Å². The first-order valence-corrected chi connectivity index (χ1v) is 16.8. The molecule has 1 amide bonds.